The Bertz CT molecular complexity index is 463. The maximum atomic E-state index is 10.7. The molecule has 0 spiro atoms. The predicted octanol–water partition coefficient (Wildman–Crippen LogP) is 2.09. The molecule has 1 aromatic heterocycles. The van der Waals surface area contributed by atoms with Crippen LogP contribution in [0.3, 0.4) is 0 Å². The van der Waals surface area contributed by atoms with Crippen LogP contribution in [0.15, 0.2) is 4.42 Å². The highest BCUT2D eigenvalue weighted by Crippen LogP contribution is 2.32. The van der Waals surface area contributed by atoms with Crippen molar-refractivity contribution in [3.8, 4) is 0 Å². The van der Waals surface area contributed by atoms with Crippen molar-refractivity contribution < 1.29 is 14.3 Å². The lowest BCUT2D eigenvalue weighted by Gasteiger charge is -2.39. The molecule has 2 aliphatic rings. The van der Waals surface area contributed by atoms with E-state index in [1.54, 1.807) is 7.11 Å². The molecule has 1 saturated heterocycles. The van der Waals surface area contributed by atoms with Gasteiger partial charge in [-0.3, -0.25) is 0 Å². The van der Waals surface area contributed by atoms with E-state index in [0.717, 1.165) is 64.0 Å². The first-order valence-electron chi connectivity index (χ1n) is 8.44. The van der Waals surface area contributed by atoms with Gasteiger partial charge in [0, 0.05) is 19.6 Å². The topological polar surface area (TPSA) is 71.6 Å². The van der Waals surface area contributed by atoms with E-state index >= 15 is 0 Å². The molecule has 2 heterocycles. The molecular weight excluding hydrogens is 282 g/mol. The Balaban J connectivity index is 1.49. The summed E-state index contributed by atoms with van der Waals surface area (Å²) in [5.41, 5.74) is -0.457. The summed E-state index contributed by atoms with van der Waals surface area (Å²) in [5, 5.41) is 18.8. The van der Waals surface area contributed by atoms with E-state index in [1.807, 2.05) is 0 Å². The lowest BCUT2D eigenvalue weighted by molar-refractivity contribution is -0.0312. The van der Waals surface area contributed by atoms with Gasteiger partial charge in [0.1, 0.15) is 6.61 Å². The molecule has 3 rings (SSSR count). The lowest BCUT2D eigenvalue weighted by atomic mass is 9.84. The largest absolute Gasteiger partial charge is 0.422 e. The van der Waals surface area contributed by atoms with Gasteiger partial charge in [-0.2, -0.15) is 0 Å². The van der Waals surface area contributed by atoms with Crippen LogP contribution in [0.25, 0.3) is 0 Å². The number of aromatic nitrogens is 2. The number of rotatable bonds is 5. The molecule has 0 bridgehead atoms. The number of hydrogen-bond acceptors (Lipinski definition) is 6. The minimum atomic E-state index is -0.457. The first-order chi connectivity index (χ1) is 10.7. The van der Waals surface area contributed by atoms with Crippen molar-refractivity contribution in [3.05, 3.63) is 11.8 Å². The second-order valence-corrected chi connectivity index (χ2v) is 6.80. The van der Waals surface area contributed by atoms with Crippen molar-refractivity contribution in [3.63, 3.8) is 0 Å². The summed E-state index contributed by atoms with van der Waals surface area (Å²) in [7, 11) is 1.62. The monoisotopic (exact) mass is 309 g/mol. The minimum absolute atomic E-state index is 0.343. The molecule has 6 nitrogen and oxygen atoms in total. The molecule has 2 fully saturated rings. The van der Waals surface area contributed by atoms with Crippen LogP contribution >= 0.6 is 0 Å². The van der Waals surface area contributed by atoms with Crippen molar-refractivity contribution in [2.45, 2.75) is 63.1 Å². The summed E-state index contributed by atoms with van der Waals surface area (Å²) in [6.07, 6.45) is 7.54. The molecule has 0 unspecified atom stereocenters. The van der Waals surface area contributed by atoms with E-state index in [4.69, 9.17) is 9.15 Å². The molecule has 0 aromatic carbocycles. The lowest BCUT2D eigenvalue weighted by Crippen LogP contribution is -2.46. The molecule has 0 radical (unpaired) electrons. The maximum Gasteiger partial charge on any atom is 0.242 e. The Morgan fingerprint density at radius 3 is 2.64 bits per heavy atom. The van der Waals surface area contributed by atoms with Gasteiger partial charge < -0.3 is 19.2 Å². The average Bonchev–Trinajstić information content (AvgIpc) is 2.97. The van der Waals surface area contributed by atoms with Crippen LogP contribution < -0.4 is 0 Å². The Morgan fingerprint density at radius 2 is 1.95 bits per heavy atom. The number of methoxy groups -OCH3 is 1. The van der Waals surface area contributed by atoms with Gasteiger partial charge in [-0.1, -0.05) is 19.3 Å². The van der Waals surface area contributed by atoms with E-state index in [1.165, 1.54) is 6.42 Å². The highest BCUT2D eigenvalue weighted by molar-refractivity contribution is 4.95. The summed E-state index contributed by atoms with van der Waals surface area (Å²) in [5.74, 6) is 1.63. The average molecular weight is 309 g/mol. The van der Waals surface area contributed by atoms with Crippen LogP contribution in [-0.4, -0.2) is 52.5 Å². The molecule has 0 amide bonds. The number of hydrogen-bond donors (Lipinski definition) is 1. The molecule has 6 heteroatoms. The van der Waals surface area contributed by atoms with Gasteiger partial charge in [0.15, 0.2) is 0 Å². The van der Waals surface area contributed by atoms with Gasteiger partial charge >= 0.3 is 0 Å². The van der Waals surface area contributed by atoms with E-state index in [-0.39, 0.29) is 0 Å². The Labute approximate surface area is 131 Å². The third-order valence-corrected chi connectivity index (χ3v) is 4.99. The van der Waals surface area contributed by atoms with Gasteiger partial charge in [-0.15, -0.1) is 10.2 Å². The van der Waals surface area contributed by atoms with Crippen LogP contribution in [-0.2, 0) is 11.3 Å². The highest BCUT2D eigenvalue weighted by atomic mass is 16.5. The SMILES string of the molecule is COCc1nnc(C2CCN(CC3(O)CCCCC3)CC2)o1. The van der Waals surface area contributed by atoms with Crippen LogP contribution in [0, 0.1) is 0 Å². The zero-order valence-electron chi connectivity index (χ0n) is 13.5. The van der Waals surface area contributed by atoms with Gasteiger partial charge in [0.2, 0.25) is 11.8 Å². The number of likely N-dealkylation sites (tertiary alicyclic amines) is 1. The summed E-state index contributed by atoms with van der Waals surface area (Å²) < 4.78 is 10.7. The molecule has 1 aliphatic heterocycles. The quantitative estimate of drug-likeness (QED) is 0.898. The maximum absolute atomic E-state index is 10.7. The number of β-amino-alcohol motifs (C(OH)–C–C–N with tert-alkyl or cyclic N) is 1. The molecular formula is C16H27N3O3. The third kappa shape index (κ3) is 3.86. The summed E-state index contributed by atoms with van der Waals surface area (Å²) >= 11 is 0. The van der Waals surface area contributed by atoms with E-state index in [2.05, 4.69) is 15.1 Å². The zero-order valence-corrected chi connectivity index (χ0v) is 13.5. The van der Waals surface area contributed by atoms with Gasteiger partial charge in [0.25, 0.3) is 0 Å². The molecule has 1 N–H and O–H groups in total. The summed E-state index contributed by atoms with van der Waals surface area (Å²) in [4.78, 5) is 2.40. The van der Waals surface area contributed by atoms with E-state index in [9.17, 15) is 5.11 Å². The van der Waals surface area contributed by atoms with Crippen LogP contribution in [0.1, 0.15) is 62.6 Å². The molecule has 22 heavy (non-hydrogen) atoms. The number of nitrogens with zero attached hydrogens (tertiary/aromatic N) is 3. The number of ether oxygens (including phenoxy) is 1. The molecule has 124 valence electrons. The molecule has 1 aliphatic carbocycles. The van der Waals surface area contributed by atoms with Crippen LogP contribution in [0.2, 0.25) is 0 Å². The fourth-order valence-corrected chi connectivity index (χ4v) is 3.74. The Morgan fingerprint density at radius 1 is 1.23 bits per heavy atom. The van der Waals surface area contributed by atoms with Gasteiger partial charge in [-0.05, 0) is 38.8 Å². The number of aliphatic hydroxyl groups is 1. The summed E-state index contributed by atoms with van der Waals surface area (Å²) in [6, 6.07) is 0. The Hall–Kier alpha value is -0.980. The van der Waals surface area contributed by atoms with Gasteiger partial charge in [-0.25, -0.2) is 0 Å². The van der Waals surface area contributed by atoms with E-state index in [0.29, 0.717) is 18.4 Å². The molecule has 0 atom stereocenters. The smallest absolute Gasteiger partial charge is 0.242 e. The third-order valence-electron chi connectivity index (χ3n) is 4.99. The fourth-order valence-electron chi connectivity index (χ4n) is 3.74. The first kappa shape index (κ1) is 15.9. The molecule has 1 aromatic rings. The highest BCUT2D eigenvalue weighted by Gasteiger charge is 2.33. The minimum Gasteiger partial charge on any atom is -0.422 e. The number of piperidine rings is 1. The van der Waals surface area contributed by atoms with Crippen LogP contribution in [0.4, 0.5) is 0 Å². The van der Waals surface area contributed by atoms with Crippen molar-refractivity contribution in [1.29, 1.82) is 0 Å². The Kier molecular flexibility index (Phi) is 5.10. The normalized spacial score (nSPS) is 23.7. The van der Waals surface area contributed by atoms with Gasteiger partial charge in [0.05, 0.1) is 5.60 Å². The predicted molar refractivity (Wildman–Crippen MR) is 81.5 cm³/mol. The van der Waals surface area contributed by atoms with Crippen molar-refractivity contribution in [1.82, 2.24) is 15.1 Å². The van der Waals surface area contributed by atoms with Crippen LogP contribution in [0.5, 0.6) is 0 Å². The first-order valence-corrected chi connectivity index (χ1v) is 8.44. The summed E-state index contributed by atoms with van der Waals surface area (Å²) in [6.45, 7) is 3.18. The second kappa shape index (κ2) is 7.06. The van der Waals surface area contributed by atoms with Crippen molar-refractivity contribution in [2.75, 3.05) is 26.7 Å². The van der Waals surface area contributed by atoms with Crippen molar-refractivity contribution >= 4 is 0 Å². The van der Waals surface area contributed by atoms with E-state index < -0.39 is 5.60 Å². The fraction of sp³-hybridized carbons (Fsp3) is 0.875. The second-order valence-electron chi connectivity index (χ2n) is 6.80. The standard InChI is InChI=1S/C16H27N3O3/c1-21-11-14-17-18-15(22-14)13-5-9-19(10-6-13)12-16(20)7-3-2-4-8-16/h13,20H,2-12H2,1H3. The zero-order chi connectivity index (χ0) is 15.4. The molecule has 1 saturated carbocycles. The van der Waals surface area contributed by atoms with Crippen molar-refractivity contribution in [2.24, 2.45) is 0 Å².